The van der Waals surface area contributed by atoms with E-state index in [4.69, 9.17) is 0 Å². The zero-order valence-corrected chi connectivity index (χ0v) is 13.5. The van der Waals surface area contributed by atoms with E-state index in [-0.39, 0.29) is 4.90 Å². The number of hydrogen-bond donors (Lipinski definition) is 2. The van der Waals surface area contributed by atoms with Crippen molar-refractivity contribution in [2.45, 2.75) is 24.7 Å². The van der Waals surface area contributed by atoms with Crippen molar-refractivity contribution in [1.82, 2.24) is 14.6 Å². The van der Waals surface area contributed by atoms with Crippen LogP contribution in [-0.4, -0.2) is 51.5 Å². The molecule has 7 heteroatoms. The molecular weight excluding hydrogens is 288 g/mol. The first-order valence-corrected chi connectivity index (χ1v) is 8.89. The molecule has 21 heavy (non-hydrogen) atoms. The normalized spacial score (nSPS) is 17.8. The van der Waals surface area contributed by atoms with Gasteiger partial charge in [0.15, 0.2) is 0 Å². The van der Waals surface area contributed by atoms with Crippen LogP contribution in [0.15, 0.2) is 23.2 Å². The second kappa shape index (κ2) is 7.20. The summed E-state index contributed by atoms with van der Waals surface area (Å²) >= 11 is 0. The molecule has 0 aromatic carbocycles. The SMILES string of the molecule is CCN1CCC(CNS(=O)(=O)c2ccnc(NC)c2)CC1. The molecule has 1 aromatic heterocycles. The number of nitrogens with zero attached hydrogens (tertiary/aromatic N) is 2. The van der Waals surface area contributed by atoms with Crippen LogP contribution in [0.1, 0.15) is 19.8 Å². The molecule has 1 aliphatic rings. The quantitative estimate of drug-likeness (QED) is 0.824. The van der Waals surface area contributed by atoms with Crippen LogP contribution in [0, 0.1) is 5.92 Å². The van der Waals surface area contributed by atoms with Gasteiger partial charge in [0.05, 0.1) is 4.90 Å². The first-order valence-electron chi connectivity index (χ1n) is 7.41. The number of nitrogens with one attached hydrogen (secondary N) is 2. The van der Waals surface area contributed by atoms with Gasteiger partial charge in [-0.3, -0.25) is 0 Å². The maximum Gasteiger partial charge on any atom is 0.240 e. The van der Waals surface area contributed by atoms with Gasteiger partial charge in [0.1, 0.15) is 5.82 Å². The highest BCUT2D eigenvalue weighted by atomic mass is 32.2. The minimum absolute atomic E-state index is 0.257. The van der Waals surface area contributed by atoms with Crippen LogP contribution in [-0.2, 0) is 10.0 Å². The van der Waals surface area contributed by atoms with Crippen LogP contribution < -0.4 is 10.0 Å². The molecule has 0 aliphatic carbocycles. The van der Waals surface area contributed by atoms with E-state index < -0.39 is 10.0 Å². The second-order valence-corrected chi connectivity index (χ2v) is 7.12. The number of likely N-dealkylation sites (tertiary alicyclic amines) is 1. The number of piperidine rings is 1. The minimum atomic E-state index is -3.45. The Morgan fingerprint density at radius 2 is 2.10 bits per heavy atom. The monoisotopic (exact) mass is 312 g/mol. The maximum absolute atomic E-state index is 12.3. The van der Waals surface area contributed by atoms with Gasteiger partial charge in [-0.1, -0.05) is 6.92 Å². The second-order valence-electron chi connectivity index (χ2n) is 5.36. The Balaban J connectivity index is 1.92. The Kier molecular flexibility index (Phi) is 5.55. The zero-order chi connectivity index (χ0) is 15.3. The van der Waals surface area contributed by atoms with Crippen molar-refractivity contribution in [3.05, 3.63) is 18.3 Å². The summed E-state index contributed by atoms with van der Waals surface area (Å²) in [4.78, 5) is 6.68. The highest BCUT2D eigenvalue weighted by molar-refractivity contribution is 7.89. The predicted molar refractivity (Wildman–Crippen MR) is 83.8 cm³/mol. The van der Waals surface area contributed by atoms with Gasteiger partial charge in [0.2, 0.25) is 10.0 Å². The molecule has 1 aromatic rings. The molecule has 0 spiro atoms. The van der Waals surface area contributed by atoms with Crippen LogP contribution in [0.25, 0.3) is 0 Å². The Labute approximate surface area is 127 Å². The Morgan fingerprint density at radius 3 is 2.71 bits per heavy atom. The summed E-state index contributed by atoms with van der Waals surface area (Å²) in [5.74, 6) is 0.974. The van der Waals surface area contributed by atoms with Gasteiger partial charge in [-0.25, -0.2) is 18.1 Å². The lowest BCUT2D eigenvalue weighted by Crippen LogP contribution is -2.38. The summed E-state index contributed by atoms with van der Waals surface area (Å²) in [6.45, 7) is 5.86. The van der Waals surface area contributed by atoms with E-state index in [1.807, 2.05) is 0 Å². The van der Waals surface area contributed by atoms with E-state index in [1.165, 1.54) is 12.3 Å². The molecule has 0 amide bonds. The minimum Gasteiger partial charge on any atom is -0.373 e. The van der Waals surface area contributed by atoms with Crippen molar-refractivity contribution in [3.63, 3.8) is 0 Å². The highest BCUT2D eigenvalue weighted by Crippen LogP contribution is 2.17. The third-order valence-corrected chi connectivity index (χ3v) is 5.44. The molecule has 1 fully saturated rings. The van der Waals surface area contributed by atoms with Gasteiger partial charge in [0, 0.05) is 25.9 Å². The molecule has 0 saturated carbocycles. The number of rotatable bonds is 6. The fraction of sp³-hybridized carbons (Fsp3) is 0.643. The van der Waals surface area contributed by atoms with Gasteiger partial charge in [-0.2, -0.15) is 0 Å². The van der Waals surface area contributed by atoms with E-state index in [0.29, 0.717) is 18.3 Å². The average Bonchev–Trinajstić information content (AvgIpc) is 2.53. The van der Waals surface area contributed by atoms with E-state index in [0.717, 1.165) is 32.5 Å². The zero-order valence-electron chi connectivity index (χ0n) is 12.7. The number of aromatic nitrogens is 1. The predicted octanol–water partition coefficient (Wildman–Crippen LogP) is 1.13. The fourth-order valence-corrected chi connectivity index (χ4v) is 3.66. The summed E-state index contributed by atoms with van der Waals surface area (Å²) in [5.41, 5.74) is 0. The molecule has 2 heterocycles. The number of hydrogen-bond acceptors (Lipinski definition) is 5. The summed E-state index contributed by atoms with van der Waals surface area (Å²) in [6, 6.07) is 3.06. The van der Waals surface area contributed by atoms with Gasteiger partial charge in [-0.05, 0) is 44.5 Å². The molecule has 6 nitrogen and oxygen atoms in total. The van der Waals surface area contributed by atoms with Crippen LogP contribution in [0.5, 0.6) is 0 Å². The van der Waals surface area contributed by atoms with Gasteiger partial charge in [0.25, 0.3) is 0 Å². The van der Waals surface area contributed by atoms with Gasteiger partial charge >= 0.3 is 0 Å². The summed E-state index contributed by atoms with van der Waals surface area (Å²) in [7, 11) is -1.74. The summed E-state index contributed by atoms with van der Waals surface area (Å²) in [5, 5.41) is 2.85. The van der Waals surface area contributed by atoms with E-state index in [9.17, 15) is 8.42 Å². The third-order valence-electron chi connectivity index (χ3n) is 4.01. The van der Waals surface area contributed by atoms with E-state index in [2.05, 4.69) is 26.8 Å². The summed E-state index contributed by atoms with van der Waals surface area (Å²) < 4.78 is 27.3. The van der Waals surface area contributed by atoms with Crippen LogP contribution in [0.2, 0.25) is 0 Å². The Hall–Kier alpha value is -1.18. The lowest BCUT2D eigenvalue weighted by Gasteiger charge is -2.30. The van der Waals surface area contributed by atoms with Crippen molar-refractivity contribution in [2.75, 3.05) is 38.5 Å². The first kappa shape index (κ1) is 16.2. The van der Waals surface area contributed by atoms with E-state index >= 15 is 0 Å². The maximum atomic E-state index is 12.3. The standard InChI is InChI=1S/C14H24N4O2S/c1-3-18-8-5-12(6-9-18)11-17-21(19,20)13-4-7-16-14(10-13)15-2/h4,7,10,12,17H,3,5-6,8-9,11H2,1-2H3,(H,15,16). The van der Waals surface area contributed by atoms with Crippen LogP contribution >= 0.6 is 0 Å². The van der Waals surface area contributed by atoms with Crippen molar-refractivity contribution >= 4 is 15.8 Å². The fourth-order valence-electron chi connectivity index (χ4n) is 2.53. The molecule has 0 unspecified atom stereocenters. The van der Waals surface area contributed by atoms with Crippen LogP contribution in [0.4, 0.5) is 5.82 Å². The smallest absolute Gasteiger partial charge is 0.240 e. The van der Waals surface area contributed by atoms with Crippen molar-refractivity contribution in [1.29, 1.82) is 0 Å². The van der Waals surface area contributed by atoms with Crippen LogP contribution in [0.3, 0.4) is 0 Å². The molecule has 0 bridgehead atoms. The lowest BCUT2D eigenvalue weighted by molar-refractivity contribution is 0.194. The number of anilines is 1. The third kappa shape index (κ3) is 4.39. The first-order chi connectivity index (χ1) is 10.0. The molecule has 0 atom stereocenters. The molecule has 0 radical (unpaired) electrons. The summed E-state index contributed by atoms with van der Waals surface area (Å²) in [6.07, 6.45) is 3.60. The van der Waals surface area contributed by atoms with Gasteiger partial charge in [-0.15, -0.1) is 0 Å². The Bertz CT molecular complexity index is 554. The molecule has 1 saturated heterocycles. The topological polar surface area (TPSA) is 74.3 Å². The molecule has 1 aliphatic heterocycles. The van der Waals surface area contributed by atoms with Crippen molar-refractivity contribution < 1.29 is 8.42 Å². The average molecular weight is 312 g/mol. The molecular formula is C14H24N4O2S. The Morgan fingerprint density at radius 1 is 1.38 bits per heavy atom. The lowest BCUT2D eigenvalue weighted by atomic mass is 9.97. The largest absolute Gasteiger partial charge is 0.373 e. The van der Waals surface area contributed by atoms with Crippen molar-refractivity contribution in [3.8, 4) is 0 Å². The highest BCUT2D eigenvalue weighted by Gasteiger charge is 2.21. The van der Waals surface area contributed by atoms with E-state index in [1.54, 1.807) is 13.1 Å². The number of pyridine rings is 1. The number of sulfonamides is 1. The van der Waals surface area contributed by atoms with Crippen molar-refractivity contribution in [2.24, 2.45) is 5.92 Å². The molecule has 2 N–H and O–H groups in total. The molecule has 2 rings (SSSR count). The molecule has 118 valence electrons. The van der Waals surface area contributed by atoms with Gasteiger partial charge < -0.3 is 10.2 Å².